The van der Waals surface area contributed by atoms with Gasteiger partial charge in [-0.15, -0.1) is 0 Å². The van der Waals surface area contributed by atoms with Crippen molar-refractivity contribution >= 4 is 0 Å². The molecule has 1 N–H and O–H groups in total. The van der Waals surface area contributed by atoms with E-state index in [4.69, 9.17) is 0 Å². The van der Waals surface area contributed by atoms with Crippen LogP contribution < -0.4 is 5.32 Å². The van der Waals surface area contributed by atoms with Crippen LogP contribution in [0.2, 0.25) is 0 Å². The molecule has 3 aliphatic rings. The van der Waals surface area contributed by atoms with Crippen LogP contribution in [-0.4, -0.2) is 12.6 Å². The van der Waals surface area contributed by atoms with Gasteiger partial charge in [-0.25, -0.2) is 0 Å². The predicted octanol–water partition coefficient (Wildman–Crippen LogP) is 3.84. The molecular formula is C16H29N. The summed E-state index contributed by atoms with van der Waals surface area (Å²) in [5.41, 5.74) is 1.74. The largest absolute Gasteiger partial charge is 0.313 e. The van der Waals surface area contributed by atoms with Crippen molar-refractivity contribution in [2.45, 2.75) is 66.3 Å². The van der Waals surface area contributed by atoms with Crippen LogP contribution in [0.1, 0.15) is 60.3 Å². The fourth-order valence-corrected chi connectivity index (χ4v) is 4.72. The first-order valence-electron chi connectivity index (χ1n) is 7.51. The fraction of sp³-hybridized carbons (Fsp3) is 1.00. The molecule has 3 saturated carbocycles. The van der Waals surface area contributed by atoms with E-state index in [1.807, 2.05) is 0 Å². The molecule has 0 heterocycles. The molecule has 0 aromatic rings. The molecule has 3 aliphatic carbocycles. The van der Waals surface area contributed by atoms with Gasteiger partial charge in [-0.1, -0.05) is 34.6 Å². The zero-order valence-electron chi connectivity index (χ0n) is 12.3. The molecule has 4 unspecified atom stereocenters. The van der Waals surface area contributed by atoms with Crippen LogP contribution in [0.15, 0.2) is 0 Å². The van der Waals surface area contributed by atoms with Gasteiger partial charge >= 0.3 is 0 Å². The number of hydrogen-bond donors (Lipinski definition) is 1. The molecule has 0 aliphatic heterocycles. The SMILES string of the molecule is CC1(C)CC1CNC1CC2CCC1(C)C2(C)C. The molecule has 1 heteroatoms. The van der Waals surface area contributed by atoms with Crippen molar-refractivity contribution in [1.82, 2.24) is 5.32 Å². The Morgan fingerprint density at radius 2 is 1.76 bits per heavy atom. The topological polar surface area (TPSA) is 12.0 Å². The molecule has 0 aromatic carbocycles. The summed E-state index contributed by atoms with van der Waals surface area (Å²) < 4.78 is 0. The van der Waals surface area contributed by atoms with Crippen molar-refractivity contribution in [2.24, 2.45) is 28.1 Å². The van der Waals surface area contributed by atoms with E-state index < -0.39 is 0 Å². The zero-order valence-corrected chi connectivity index (χ0v) is 12.3. The number of fused-ring (bicyclic) bond motifs is 2. The van der Waals surface area contributed by atoms with Crippen LogP contribution in [0, 0.1) is 28.1 Å². The van der Waals surface area contributed by atoms with Gasteiger partial charge in [-0.3, -0.25) is 0 Å². The summed E-state index contributed by atoms with van der Waals surface area (Å²) in [7, 11) is 0. The highest BCUT2D eigenvalue weighted by Crippen LogP contribution is 2.65. The second-order valence-corrected chi connectivity index (χ2v) is 8.46. The maximum Gasteiger partial charge on any atom is 0.0129 e. The van der Waals surface area contributed by atoms with Gasteiger partial charge in [0, 0.05) is 6.04 Å². The van der Waals surface area contributed by atoms with Crippen LogP contribution in [0.4, 0.5) is 0 Å². The van der Waals surface area contributed by atoms with Crippen LogP contribution in [0.25, 0.3) is 0 Å². The summed E-state index contributed by atoms with van der Waals surface area (Å²) in [5.74, 6) is 1.91. The van der Waals surface area contributed by atoms with Gasteiger partial charge in [-0.2, -0.15) is 0 Å². The fourth-order valence-electron chi connectivity index (χ4n) is 4.72. The minimum absolute atomic E-state index is 0.552. The Hall–Kier alpha value is -0.0400. The number of hydrogen-bond acceptors (Lipinski definition) is 1. The maximum atomic E-state index is 3.93. The van der Waals surface area contributed by atoms with Crippen molar-refractivity contribution in [1.29, 1.82) is 0 Å². The molecular weight excluding hydrogens is 206 g/mol. The second kappa shape index (κ2) is 3.29. The summed E-state index contributed by atoms with van der Waals surface area (Å²) in [6.45, 7) is 13.6. The van der Waals surface area contributed by atoms with Gasteiger partial charge in [0.25, 0.3) is 0 Å². The summed E-state index contributed by atoms with van der Waals surface area (Å²) in [6.07, 6.45) is 5.76. The van der Waals surface area contributed by atoms with Gasteiger partial charge in [0.15, 0.2) is 0 Å². The van der Waals surface area contributed by atoms with E-state index in [0.717, 1.165) is 17.9 Å². The molecule has 0 amide bonds. The lowest BCUT2D eigenvalue weighted by Crippen LogP contribution is -2.45. The van der Waals surface area contributed by atoms with Gasteiger partial charge in [0.1, 0.15) is 0 Å². The monoisotopic (exact) mass is 235 g/mol. The number of nitrogens with one attached hydrogen (secondary N) is 1. The van der Waals surface area contributed by atoms with Crippen LogP contribution in [0.5, 0.6) is 0 Å². The molecule has 0 aromatic heterocycles. The van der Waals surface area contributed by atoms with Crippen LogP contribution in [-0.2, 0) is 0 Å². The van der Waals surface area contributed by atoms with Crippen LogP contribution >= 0.6 is 0 Å². The molecule has 98 valence electrons. The third-order valence-corrected chi connectivity index (χ3v) is 7.12. The Kier molecular flexibility index (Phi) is 2.32. The van der Waals surface area contributed by atoms with E-state index in [-0.39, 0.29) is 0 Å². The summed E-state index contributed by atoms with van der Waals surface area (Å²) in [6, 6.07) is 0.785. The molecule has 0 saturated heterocycles. The first kappa shape index (κ1) is 12.0. The third kappa shape index (κ3) is 1.54. The summed E-state index contributed by atoms with van der Waals surface area (Å²) in [4.78, 5) is 0. The Morgan fingerprint density at radius 3 is 2.18 bits per heavy atom. The smallest absolute Gasteiger partial charge is 0.0129 e. The Balaban J connectivity index is 1.63. The highest BCUT2D eigenvalue weighted by molar-refractivity contribution is 5.13. The molecule has 3 fully saturated rings. The first-order valence-corrected chi connectivity index (χ1v) is 7.51. The maximum absolute atomic E-state index is 3.93. The quantitative estimate of drug-likeness (QED) is 0.784. The molecule has 3 rings (SSSR count). The lowest BCUT2D eigenvalue weighted by atomic mass is 9.69. The Labute approximate surface area is 107 Å². The summed E-state index contributed by atoms with van der Waals surface area (Å²) in [5, 5.41) is 3.93. The molecule has 4 atom stereocenters. The second-order valence-electron chi connectivity index (χ2n) is 8.46. The van der Waals surface area contributed by atoms with Gasteiger partial charge in [0.05, 0.1) is 0 Å². The molecule has 1 nitrogen and oxygen atoms in total. The minimum atomic E-state index is 0.552. The normalized spacial score (nSPS) is 49.6. The lowest BCUT2D eigenvalue weighted by molar-refractivity contribution is 0.120. The van der Waals surface area contributed by atoms with E-state index in [1.54, 1.807) is 0 Å². The van der Waals surface area contributed by atoms with E-state index in [0.29, 0.717) is 16.2 Å². The van der Waals surface area contributed by atoms with Gasteiger partial charge in [0.2, 0.25) is 0 Å². The average molecular weight is 235 g/mol. The van der Waals surface area contributed by atoms with Crippen LogP contribution in [0.3, 0.4) is 0 Å². The average Bonchev–Trinajstić information content (AvgIpc) is 2.71. The predicted molar refractivity (Wildman–Crippen MR) is 72.9 cm³/mol. The molecule has 17 heavy (non-hydrogen) atoms. The molecule has 0 spiro atoms. The van der Waals surface area contributed by atoms with E-state index >= 15 is 0 Å². The summed E-state index contributed by atoms with van der Waals surface area (Å²) >= 11 is 0. The third-order valence-electron chi connectivity index (χ3n) is 7.12. The highest BCUT2D eigenvalue weighted by Gasteiger charge is 2.61. The minimum Gasteiger partial charge on any atom is -0.313 e. The van der Waals surface area contributed by atoms with Crippen molar-refractivity contribution < 1.29 is 0 Å². The van der Waals surface area contributed by atoms with E-state index in [1.165, 1.54) is 32.2 Å². The van der Waals surface area contributed by atoms with Crippen molar-refractivity contribution in [3.63, 3.8) is 0 Å². The Bertz CT molecular complexity index is 330. The van der Waals surface area contributed by atoms with Crippen molar-refractivity contribution in [3.8, 4) is 0 Å². The molecule has 2 bridgehead atoms. The molecule has 0 radical (unpaired) electrons. The van der Waals surface area contributed by atoms with Gasteiger partial charge in [-0.05, 0) is 60.3 Å². The highest BCUT2D eigenvalue weighted by atomic mass is 15.0. The van der Waals surface area contributed by atoms with E-state index in [2.05, 4.69) is 39.9 Å². The Morgan fingerprint density at radius 1 is 1.12 bits per heavy atom. The number of rotatable bonds is 3. The zero-order chi connectivity index (χ0) is 12.5. The van der Waals surface area contributed by atoms with Gasteiger partial charge < -0.3 is 5.32 Å². The lowest BCUT2D eigenvalue weighted by Gasteiger charge is -2.39. The van der Waals surface area contributed by atoms with Crippen molar-refractivity contribution in [2.75, 3.05) is 6.54 Å². The van der Waals surface area contributed by atoms with Crippen molar-refractivity contribution in [3.05, 3.63) is 0 Å². The van der Waals surface area contributed by atoms with E-state index in [9.17, 15) is 0 Å². The first-order chi connectivity index (χ1) is 7.77. The standard InChI is InChI=1S/C16H29N/c1-14(2)9-12(14)10-17-13-8-11-6-7-16(13,5)15(11,3)4/h11-13,17H,6-10H2,1-5H3.